The average Bonchev–Trinajstić information content (AvgIpc) is 3.24. The molecule has 1 unspecified atom stereocenters. The third-order valence-electron chi connectivity index (χ3n) is 8.54. The van der Waals surface area contributed by atoms with Gasteiger partial charge in [-0.25, -0.2) is 0 Å². The molecule has 0 spiro atoms. The van der Waals surface area contributed by atoms with Crippen LogP contribution in [-0.4, -0.2) is 8.07 Å². The maximum atomic E-state index is 2.69. The molecule has 0 amide bonds. The second-order valence-electron chi connectivity index (χ2n) is 11.0. The van der Waals surface area contributed by atoms with E-state index < -0.39 is 8.07 Å². The molecule has 0 saturated carbocycles. The molecule has 0 radical (unpaired) electrons. The number of allylic oxidation sites excluding steroid dienone is 4. The van der Waals surface area contributed by atoms with Crippen molar-refractivity contribution in [2.24, 2.45) is 0 Å². The van der Waals surface area contributed by atoms with Gasteiger partial charge in [-0.3, -0.25) is 0 Å². The fraction of sp³-hybridized carbons (Fsp3) is 0.333. The predicted molar refractivity (Wildman–Crippen MR) is 150 cm³/mol. The maximum absolute atomic E-state index is 2.69. The Hall–Kier alpha value is -1.06. The molecule has 0 aromatic heterocycles. The summed E-state index contributed by atoms with van der Waals surface area (Å²) >= 11 is 2.54. The van der Waals surface area contributed by atoms with Gasteiger partial charge in [-0.05, 0) is 0 Å². The van der Waals surface area contributed by atoms with Crippen LogP contribution in [0.2, 0.25) is 20.0 Å². The van der Waals surface area contributed by atoms with Gasteiger partial charge < -0.3 is 37.2 Å². The quantitative estimate of drug-likeness (QED) is 0.255. The van der Waals surface area contributed by atoms with Gasteiger partial charge in [0.15, 0.2) is 0 Å². The fourth-order valence-electron chi connectivity index (χ4n) is 7.56. The van der Waals surface area contributed by atoms with Crippen LogP contribution >= 0.6 is 0 Å². The number of hydrogen-bond acceptors (Lipinski definition) is 0. The first kappa shape index (κ1) is 35.0. The van der Waals surface area contributed by atoms with Gasteiger partial charge in [0, 0.05) is 0 Å². The Labute approximate surface area is 262 Å². The summed E-state index contributed by atoms with van der Waals surface area (Å²) in [5, 5.41) is 0. The molecule has 3 aromatic carbocycles. The van der Waals surface area contributed by atoms with Gasteiger partial charge in [0.05, 0.1) is 0 Å². The Balaban J connectivity index is 0.00000241. The van der Waals surface area contributed by atoms with Crippen molar-refractivity contribution in [2.75, 3.05) is 0 Å². The molecule has 1 atom stereocenters. The van der Waals surface area contributed by atoms with Crippen molar-refractivity contribution >= 4 is 8.07 Å². The van der Waals surface area contributed by atoms with E-state index in [4.69, 9.17) is 0 Å². The molecule has 0 fully saturated rings. The zero-order chi connectivity index (χ0) is 25.3. The summed E-state index contributed by atoms with van der Waals surface area (Å²) in [5.74, 6) is 0. The Morgan fingerprint density at radius 3 is 1.18 bits per heavy atom. The standard InChI is InChI=1S/C33H39Si.3ClH.Ti/c1-25(2)34(26(3)4,27(5)6)32-23-22-31(24-32)33(28-16-10-7-11-17-28,29-18-12-8-13-19-29)30-20-14-9-15-21-30;;;;/h7-27H,1-6H3;3*1H;/q;;;;+3/p-3. The third-order valence-corrected chi connectivity index (χ3v) is 18.5. The van der Waals surface area contributed by atoms with Gasteiger partial charge in [0.1, 0.15) is 0 Å². The van der Waals surface area contributed by atoms with Gasteiger partial charge in [-0.15, -0.1) is 0 Å². The molecule has 0 heterocycles. The number of benzene rings is 3. The summed E-state index contributed by atoms with van der Waals surface area (Å²) in [5.41, 5.74) is 7.08. The Kier molecular flexibility index (Phi) is 12.9. The third kappa shape index (κ3) is 5.58. The average molecular weight is 618 g/mol. The predicted octanol–water partition coefficient (Wildman–Crippen LogP) is 0.453. The topological polar surface area (TPSA) is 0 Å². The molecule has 0 bridgehead atoms. The molecule has 5 heteroatoms. The summed E-state index contributed by atoms with van der Waals surface area (Å²) in [4.78, 5) is 0. The second kappa shape index (κ2) is 14.0. The van der Waals surface area contributed by atoms with E-state index in [1.54, 1.807) is 0 Å². The van der Waals surface area contributed by atoms with Crippen molar-refractivity contribution in [1.29, 1.82) is 0 Å². The van der Waals surface area contributed by atoms with E-state index in [0.717, 1.165) is 0 Å². The fourth-order valence-corrected chi connectivity index (χ4v) is 19.6. The number of rotatable bonds is 8. The van der Waals surface area contributed by atoms with Gasteiger partial charge >= 0.3 is 227 Å². The van der Waals surface area contributed by atoms with E-state index in [1.165, 1.54) is 22.3 Å². The zero-order valence-electron chi connectivity index (χ0n) is 23.3. The van der Waals surface area contributed by atoms with Crippen LogP contribution in [0.15, 0.2) is 115 Å². The second-order valence-corrected chi connectivity index (χ2v) is 19.3. The minimum Gasteiger partial charge on any atom is -1.00 e. The summed E-state index contributed by atoms with van der Waals surface area (Å²) < 4.78 is 0.0857. The SMILES string of the molecule is CC(C)[Si](C(C)C)(C(C)C)[C]1([Ti+3])C=CC(C(c2ccccc2)(c2ccccc2)c2ccccc2)=C1.[Cl-].[Cl-].[Cl-]. The molecule has 0 saturated heterocycles. The minimum absolute atomic E-state index is 0. The molecular weight excluding hydrogens is 579 g/mol. The largest absolute Gasteiger partial charge is 1.00 e. The molecule has 1 aliphatic carbocycles. The van der Waals surface area contributed by atoms with Crippen LogP contribution in [0.5, 0.6) is 0 Å². The van der Waals surface area contributed by atoms with E-state index >= 15 is 0 Å². The molecule has 1 aliphatic rings. The molecule has 38 heavy (non-hydrogen) atoms. The van der Waals surface area contributed by atoms with E-state index in [-0.39, 0.29) is 46.0 Å². The van der Waals surface area contributed by atoms with Crippen molar-refractivity contribution in [2.45, 2.75) is 66.9 Å². The molecule has 3 aromatic rings. The van der Waals surface area contributed by atoms with Crippen LogP contribution in [0.1, 0.15) is 58.2 Å². The van der Waals surface area contributed by atoms with Gasteiger partial charge in [0.2, 0.25) is 0 Å². The maximum Gasteiger partial charge on any atom is -1.00 e. The van der Waals surface area contributed by atoms with Gasteiger partial charge in [-0.2, -0.15) is 0 Å². The van der Waals surface area contributed by atoms with E-state index in [2.05, 4.69) is 171 Å². The molecule has 200 valence electrons. The van der Waals surface area contributed by atoms with Crippen LogP contribution in [-0.2, 0) is 25.9 Å². The van der Waals surface area contributed by atoms with Crippen LogP contribution in [0.4, 0.5) is 0 Å². The first-order valence-corrected chi connectivity index (χ1v) is 16.1. The summed E-state index contributed by atoms with van der Waals surface area (Å²) in [6.07, 6.45) is 7.74. The van der Waals surface area contributed by atoms with Crippen molar-refractivity contribution in [3.05, 3.63) is 131 Å². The van der Waals surface area contributed by atoms with E-state index in [9.17, 15) is 0 Å². The van der Waals surface area contributed by atoms with Crippen molar-refractivity contribution in [1.82, 2.24) is 0 Å². The first-order valence-electron chi connectivity index (χ1n) is 13.1. The van der Waals surface area contributed by atoms with Crippen molar-refractivity contribution in [3.63, 3.8) is 0 Å². The molecule has 0 N–H and O–H groups in total. The smallest absolute Gasteiger partial charge is 1.00 e. The molecular formula is C33H39Cl3SiTi. The van der Waals surface area contributed by atoms with Gasteiger partial charge in [-0.1, -0.05) is 0 Å². The van der Waals surface area contributed by atoms with Crippen molar-refractivity contribution in [3.8, 4) is 0 Å². The van der Waals surface area contributed by atoms with E-state index in [0.29, 0.717) is 16.6 Å². The number of hydrogen-bond donors (Lipinski definition) is 0. The van der Waals surface area contributed by atoms with Crippen LogP contribution < -0.4 is 37.2 Å². The monoisotopic (exact) mass is 616 g/mol. The molecule has 0 aliphatic heterocycles. The summed E-state index contributed by atoms with van der Waals surface area (Å²) in [6, 6.07) is 33.3. The Morgan fingerprint density at radius 2 is 0.895 bits per heavy atom. The summed E-state index contributed by atoms with van der Waals surface area (Å²) in [7, 11) is -1.81. The van der Waals surface area contributed by atoms with Gasteiger partial charge in [0.25, 0.3) is 0 Å². The van der Waals surface area contributed by atoms with Crippen LogP contribution in [0.3, 0.4) is 0 Å². The molecule has 4 rings (SSSR count). The molecule has 0 nitrogen and oxygen atoms in total. The van der Waals surface area contributed by atoms with Crippen molar-refractivity contribution < 1.29 is 57.7 Å². The van der Waals surface area contributed by atoms with E-state index in [1.807, 2.05) is 0 Å². The number of halogens is 3. The Bertz CT molecular complexity index is 1070. The zero-order valence-corrected chi connectivity index (χ0v) is 28.1. The first-order chi connectivity index (χ1) is 16.7. The van der Waals surface area contributed by atoms with Crippen LogP contribution in [0, 0.1) is 0 Å². The Morgan fingerprint density at radius 1 is 0.579 bits per heavy atom. The van der Waals surface area contributed by atoms with Crippen LogP contribution in [0.25, 0.3) is 0 Å². The summed E-state index contributed by atoms with van der Waals surface area (Å²) in [6.45, 7) is 14.9. The minimum atomic E-state index is -1.81. The normalized spacial score (nSPS) is 17.1.